The topological polar surface area (TPSA) is 56.2 Å². The highest BCUT2D eigenvalue weighted by atomic mass is 15.3. The molecule has 0 fully saturated rings. The van der Waals surface area contributed by atoms with Crippen molar-refractivity contribution in [1.29, 1.82) is 0 Å². The second kappa shape index (κ2) is 2.57. The molecule has 0 aliphatic carbocycles. The molecule has 0 aromatic carbocycles. The van der Waals surface area contributed by atoms with Gasteiger partial charge in [0.05, 0.1) is 6.54 Å². The summed E-state index contributed by atoms with van der Waals surface area (Å²) in [6.45, 7) is 2.39. The van der Waals surface area contributed by atoms with Gasteiger partial charge in [0.25, 0.3) is 0 Å². The standard InChI is InChI=1S/C8H10N4/c1-6-3-2-4-12-8(6)10-7(5-9)11-12/h2-4H,5,9H2,1H3. The second-order valence-corrected chi connectivity index (χ2v) is 2.69. The predicted molar refractivity (Wildman–Crippen MR) is 45.6 cm³/mol. The molecule has 2 heterocycles. The zero-order valence-electron chi connectivity index (χ0n) is 6.86. The molecule has 2 aromatic rings. The highest BCUT2D eigenvalue weighted by molar-refractivity contribution is 5.45. The minimum Gasteiger partial charge on any atom is -0.324 e. The number of pyridine rings is 1. The van der Waals surface area contributed by atoms with Crippen molar-refractivity contribution in [1.82, 2.24) is 14.6 Å². The van der Waals surface area contributed by atoms with Crippen LogP contribution in [0.2, 0.25) is 0 Å². The summed E-state index contributed by atoms with van der Waals surface area (Å²) in [7, 11) is 0. The van der Waals surface area contributed by atoms with Crippen LogP contribution in [-0.2, 0) is 6.54 Å². The van der Waals surface area contributed by atoms with Gasteiger partial charge in [0.1, 0.15) is 0 Å². The Hall–Kier alpha value is -1.42. The van der Waals surface area contributed by atoms with Crippen LogP contribution in [0.1, 0.15) is 11.4 Å². The third kappa shape index (κ3) is 0.967. The number of nitrogens with two attached hydrogens (primary N) is 1. The molecule has 0 bridgehead atoms. The maximum absolute atomic E-state index is 5.43. The molecule has 0 unspecified atom stereocenters. The van der Waals surface area contributed by atoms with Crippen molar-refractivity contribution in [3.8, 4) is 0 Å². The van der Waals surface area contributed by atoms with Gasteiger partial charge in [0.2, 0.25) is 0 Å². The van der Waals surface area contributed by atoms with E-state index in [9.17, 15) is 0 Å². The second-order valence-electron chi connectivity index (χ2n) is 2.69. The summed E-state index contributed by atoms with van der Waals surface area (Å²) in [6.07, 6.45) is 1.87. The summed E-state index contributed by atoms with van der Waals surface area (Å²) in [5, 5.41) is 4.17. The molecule has 0 radical (unpaired) electrons. The average molecular weight is 162 g/mol. The molecular formula is C8H10N4. The van der Waals surface area contributed by atoms with E-state index in [1.165, 1.54) is 0 Å². The zero-order chi connectivity index (χ0) is 8.55. The first kappa shape index (κ1) is 7.24. The van der Waals surface area contributed by atoms with Gasteiger partial charge >= 0.3 is 0 Å². The van der Waals surface area contributed by atoms with E-state index in [0.717, 1.165) is 11.2 Å². The lowest BCUT2D eigenvalue weighted by Crippen LogP contribution is -1.98. The lowest BCUT2D eigenvalue weighted by Gasteiger charge is -1.92. The largest absolute Gasteiger partial charge is 0.324 e. The van der Waals surface area contributed by atoms with Crippen LogP contribution in [0.5, 0.6) is 0 Å². The average Bonchev–Trinajstić information content (AvgIpc) is 2.49. The quantitative estimate of drug-likeness (QED) is 0.664. The Morgan fingerprint density at radius 2 is 2.42 bits per heavy atom. The molecule has 0 aliphatic heterocycles. The maximum Gasteiger partial charge on any atom is 0.165 e. The van der Waals surface area contributed by atoms with E-state index in [1.54, 1.807) is 4.52 Å². The van der Waals surface area contributed by atoms with Crippen molar-refractivity contribution >= 4 is 5.65 Å². The van der Waals surface area contributed by atoms with Gasteiger partial charge in [0, 0.05) is 6.20 Å². The summed E-state index contributed by atoms with van der Waals surface area (Å²) in [6, 6.07) is 3.95. The fourth-order valence-electron chi connectivity index (χ4n) is 1.17. The third-order valence-electron chi connectivity index (χ3n) is 1.78. The lowest BCUT2D eigenvalue weighted by molar-refractivity contribution is 0.868. The van der Waals surface area contributed by atoms with Crippen LogP contribution in [0.25, 0.3) is 5.65 Å². The Labute approximate surface area is 70.0 Å². The molecule has 0 spiro atoms. The summed E-state index contributed by atoms with van der Waals surface area (Å²) in [5.41, 5.74) is 7.43. The Bertz CT molecular complexity index is 404. The molecule has 2 rings (SSSR count). The van der Waals surface area contributed by atoms with Crippen LogP contribution < -0.4 is 5.73 Å². The van der Waals surface area contributed by atoms with Gasteiger partial charge in [-0.3, -0.25) is 0 Å². The number of aryl methyl sites for hydroxylation is 1. The molecule has 4 heteroatoms. The molecule has 0 atom stereocenters. The van der Waals surface area contributed by atoms with Crippen LogP contribution >= 0.6 is 0 Å². The van der Waals surface area contributed by atoms with Crippen molar-refractivity contribution in [2.45, 2.75) is 13.5 Å². The first-order chi connectivity index (χ1) is 5.81. The van der Waals surface area contributed by atoms with E-state index in [0.29, 0.717) is 12.4 Å². The van der Waals surface area contributed by atoms with Crippen LogP contribution in [-0.4, -0.2) is 14.6 Å². The molecule has 0 aliphatic rings. The first-order valence-corrected chi connectivity index (χ1v) is 3.82. The van der Waals surface area contributed by atoms with Crippen molar-refractivity contribution in [2.75, 3.05) is 0 Å². The molecule has 0 saturated carbocycles. The normalized spacial score (nSPS) is 10.8. The minimum absolute atomic E-state index is 0.390. The van der Waals surface area contributed by atoms with E-state index < -0.39 is 0 Å². The van der Waals surface area contributed by atoms with Gasteiger partial charge in [-0.05, 0) is 18.6 Å². The van der Waals surface area contributed by atoms with Gasteiger partial charge < -0.3 is 5.73 Å². The van der Waals surface area contributed by atoms with Gasteiger partial charge in [-0.2, -0.15) is 0 Å². The number of aromatic nitrogens is 3. The molecular weight excluding hydrogens is 152 g/mol. The highest BCUT2D eigenvalue weighted by Gasteiger charge is 2.02. The van der Waals surface area contributed by atoms with E-state index in [4.69, 9.17) is 5.73 Å². The third-order valence-corrected chi connectivity index (χ3v) is 1.78. The molecule has 0 saturated heterocycles. The van der Waals surface area contributed by atoms with Gasteiger partial charge in [-0.15, -0.1) is 5.10 Å². The van der Waals surface area contributed by atoms with E-state index in [2.05, 4.69) is 10.1 Å². The zero-order valence-corrected chi connectivity index (χ0v) is 6.86. The molecule has 62 valence electrons. The summed E-state index contributed by atoms with van der Waals surface area (Å²) < 4.78 is 1.75. The molecule has 4 nitrogen and oxygen atoms in total. The Morgan fingerprint density at radius 3 is 3.08 bits per heavy atom. The monoisotopic (exact) mass is 162 g/mol. The summed E-state index contributed by atoms with van der Waals surface area (Å²) >= 11 is 0. The fourth-order valence-corrected chi connectivity index (χ4v) is 1.17. The lowest BCUT2D eigenvalue weighted by atomic mass is 10.3. The first-order valence-electron chi connectivity index (χ1n) is 3.82. The molecule has 2 aromatic heterocycles. The van der Waals surface area contributed by atoms with E-state index >= 15 is 0 Å². The molecule has 2 N–H and O–H groups in total. The summed E-state index contributed by atoms with van der Waals surface area (Å²) in [4.78, 5) is 4.26. The Morgan fingerprint density at radius 1 is 1.58 bits per heavy atom. The number of rotatable bonds is 1. The van der Waals surface area contributed by atoms with Crippen LogP contribution in [0.4, 0.5) is 0 Å². The van der Waals surface area contributed by atoms with Crippen molar-refractivity contribution < 1.29 is 0 Å². The number of fused-ring (bicyclic) bond motifs is 1. The summed E-state index contributed by atoms with van der Waals surface area (Å²) in [5.74, 6) is 0.685. The minimum atomic E-state index is 0.390. The molecule has 12 heavy (non-hydrogen) atoms. The van der Waals surface area contributed by atoms with E-state index in [1.807, 2.05) is 25.3 Å². The fraction of sp³-hybridized carbons (Fsp3) is 0.250. The van der Waals surface area contributed by atoms with Crippen molar-refractivity contribution in [2.24, 2.45) is 5.73 Å². The van der Waals surface area contributed by atoms with Crippen molar-refractivity contribution in [3.63, 3.8) is 0 Å². The number of hydrogen-bond acceptors (Lipinski definition) is 3. The van der Waals surface area contributed by atoms with Gasteiger partial charge in [-0.1, -0.05) is 6.07 Å². The van der Waals surface area contributed by atoms with E-state index in [-0.39, 0.29) is 0 Å². The van der Waals surface area contributed by atoms with Crippen LogP contribution in [0.15, 0.2) is 18.3 Å². The SMILES string of the molecule is Cc1cccn2nc(CN)nc12. The Kier molecular flexibility index (Phi) is 1.55. The van der Waals surface area contributed by atoms with Crippen LogP contribution in [0, 0.1) is 6.92 Å². The Balaban J connectivity index is 2.74. The maximum atomic E-state index is 5.43. The predicted octanol–water partition coefficient (Wildman–Crippen LogP) is 0.496. The smallest absolute Gasteiger partial charge is 0.165 e. The van der Waals surface area contributed by atoms with Crippen LogP contribution in [0.3, 0.4) is 0 Å². The number of nitrogens with zero attached hydrogens (tertiary/aromatic N) is 3. The molecule has 0 amide bonds. The van der Waals surface area contributed by atoms with Gasteiger partial charge in [0.15, 0.2) is 11.5 Å². The number of hydrogen-bond donors (Lipinski definition) is 1. The highest BCUT2D eigenvalue weighted by Crippen LogP contribution is 2.06. The van der Waals surface area contributed by atoms with Gasteiger partial charge in [-0.25, -0.2) is 9.50 Å². The van der Waals surface area contributed by atoms with Crippen molar-refractivity contribution in [3.05, 3.63) is 29.7 Å².